The van der Waals surface area contributed by atoms with E-state index >= 15 is 0 Å². The van der Waals surface area contributed by atoms with E-state index in [1.165, 1.54) is 17.0 Å². The van der Waals surface area contributed by atoms with Crippen molar-refractivity contribution in [3.63, 3.8) is 0 Å². The Morgan fingerprint density at radius 1 is 0.871 bits per heavy atom. The summed E-state index contributed by atoms with van der Waals surface area (Å²) in [5, 5.41) is 2.77. The number of hydrogen-bond acceptors (Lipinski definition) is 2. The molecule has 4 nitrogen and oxygen atoms in total. The highest BCUT2D eigenvalue weighted by molar-refractivity contribution is 5.97. The first-order chi connectivity index (χ1) is 14.8. The van der Waals surface area contributed by atoms with E-state index in [-0.39, 0.29) is 12.5 Å². The van der Waals surface area contributed by atoms with Gasteiger partial charge in [-0.3, -0.25) is 9.59 Å². The number of likely N-dealkylation sites (N-methyl/N-ethyl adjacent to an activating group) is 1. The molecule has 0 aliphatic carbocycles. The Bertz CT molecular complexity index is 1020. The van der Waals surface area contributed by atoms with Crippen LogP contribution in [0.3, 0.4) is 0 Å². The smallest absolute Gasteiger partial charge is 0.339 e. The van der Waals surface area contributed by atoms with Crippen LogP contribution in [0.25, 0.3) is 0 Å². The number of carbonyl (C=O) groups is 2. The molecule has 0 aliphatic heterocycles. The number of hydrogen-bond donors (Lipinski definition) is 1. The van der Waals surface area contributed by atoms with Gasteiger partial charge in [-0.05, 0) is 35.4 Å². The maximum atomic E-state index is 13.2. The summed E-state index contributed by atoms with van der Waals surface area (Å²) in [5.41, 5.74) is 0.824. The van der Waals surface area contributed by atoms with Gasteiger partial charge >= 0.3 is 6.18 Å². The Morgan fingerprint density at radius 2 is 1.42 bits per heavy atom. The number of rotatable bonds is 6. The molecule has 0 radical (unpaired) electrons. The largest absolute Gasteiger partial charge is 0.416 e. The van der Waals surface area contributed by atoms with Gasteiger partial charge in [0.1, 0.15) is 6.04 Å². The normalized spacial score (nSPS) is 12.1. The third kappa shape index (κ3) is 5.72. The lowest BCUT2D eigenvalue weighted by atomic mass is 10.0. The lowest BCUT2D eigenvalue weighted by molar-refractivity contribution is -0.137. The summed E-state index contributed by atoms with van der Waals surface area (Å²) in [5.74, 6) is -0.777. The van der Waals surface area contributed by atoms with E-state index in [1.807, 2.05) is 0 Å². The fraction of sp³-hybridized carbons (Fsp3) is 0.167. The lowest BCUT2D eigenvalue weighted by Crippen LogP contribution is -2.41. The number of nitrogens with one attached hydrogen (secondary N) is 1. The van der Waals surface area contributed by atoms with Gasteiger partial charge in [-0.2, -0.15) is 13.2 Å². The maximum absolute atomic E-state index is 13.2. The predicted molar refractivity (Wildman–Crippen MR) is 111 cm³/mol. The number of benzene rings is 3. The molecule has 3 aromatic carbocycles. The molecule has 3 aromatic rings. The van der Waals surface area contributed by atoms with Gasteiger partial charge in [0.25, 0.3) is 5.91 Å². The molecular formula is C24H21F3N2O2. The van der Waals surface area contributed by atoms with Gasteiger partial charge in [-0.1, -0.05) is 60.7 Å². The standard InChI is InChI=1S/C24H21F3N2O2/c1-29(16-17-12-14-20(15-13-17)24(25,26)27)23(31)21(18-8-4-2-5-9-18)28-22(30)19-10-6-3-7-11-19/h2-15,21H,16H2,1H3,(H,28,30). The van der Waals surface area contributed by atoms with Crippen molar-refractivity contribution in [1.82, 2.24) is 10.2 Å². The van der Waals surface area contributed by atoms with Crippen LogP contribution in [0.1, 0.15) is 33.1 Å². The van der Waals surface area contributed by atoms with Gasteiger partial charge in [0.15, 0.2) is 0 Å². The second-order valence-electron chi connectivity index (χ2n) is 7.07. The molecule has 1 unspecified atom stereocenters. The first-order valence-corrected chi connectivity index (χ1v) is 9.57. The SMILES string of the molecule is CN(Cc1ccc(C(F)(F)F)cc1)C(=O)C(NC(=O)c1ccccc1)c1ccccc1. The average Bonchev–Trinajstić information content (AvgIpc) is 2.77. The van der Waals surface area contributed by atoms with Crippen LogP contribution >= 0.6 is 0 Å². The Hall–Kier alpha value is -3.61. The number of alkyl halides is 3. The van der Waals surface area contributed by atoms with Gasteiger partial charge in [-0.25, -0.2) is 0 Å². The summed E-state index contributed by atoms with van der Waals surface area (Å²) in [6.45, 7) is 0.0987. The number of amides is 2. The highest BCUT2D eigenvalue weighted by Crippen LogP contribution is 2.29. The van der Waals surface area contributed by atoms with Crippen molar-refractivity contribution in [2.45, 2.75) is 18.8 Å². The van der Waals surface area contributed by atoms with E-state index in [4.69, 9.17) is 0 Å². The molecule has 160 valence electrons. The topological polar surface area (TPSA) is 49.4 Å². The number of nitrogens with zero attached hydrogens (tertiary/aromatic N) is 1. The molecule has 31 heavy (non-hydrogen) atoms. The first-order valence-electron chi connectivity index (χ1n) is 9.57. The molecule has 0 heterocycles. The highest BCUT2D eigenvalue weighted by Gasteiger charge is 2.30. The minimum absolute atomic E-state index is 0.0987. The van der Waals surface area contributed by atoms with E-state index < -0.39 is 23.7 Å². The molecule has 0 bridgehead atoms. The van der Waals surface area contributed by atoms with Crippen LogP contribution in [0.4, 0.5) is 13.2 Å². The number of carbonyl (C=O) groups excluding carboxylic acids is 2. The van der Waals surface area contributed by atoms with Crippen molar-refractivity contribution in [1.29, 1.82) is 0 Å². The molecule has 2 amide bonds. The highest BCUT2D eigenvalue weighted by atomic mass is 19.4. The van der Waals surface area contributed by atoms with Crippen molar-refractivity contribution >= 4 is 11.8 Å². The zero-order chi connectivity index (χ0) is 22.4. The molecule has 0 aliphatic rings. The van der Waals surface area contributed by atoms with Crippen molar-refractivity contribution in [3.8, 4) is 0 Å². The average molecular weight is 426 g/mol. The second kappa shape index (κ2) is 9.47. The molecule has 7 heteroatoms. The first kappa shape index (κ1) is 22.1. The fourth-order valence-corrected chi connectivity index (χ4v) is 3.11. The Balaban J connectivity index is 1.78. The molecule has 0 fully saturated rings. The van der Waals surface area contributed by atoms with E-state index in [9.17, 15) is 22.8 Å². The second-order valence-corrected chi connectivity index (χ2v) is 7.07. The van der Waals surface area contributed by atoms with Gasteiger partial charge in [0.05, 0.1) is 5.56 Å². The van der Waals surface area contributed by atoms with E-state index in [1.54, 1.807) is 67.7 Å². The van der Waals surface area contributed by atoms with Crippen LogP contribution in [0, 0.1) is 0 Å². The molecule has 3 rings (SSSR count). The van der Waals surface area contributed by atoms with Crippen molar-refractivity contribution in [3.05, 3.63) is 107 Å². The maximum Gasteiger partial charge on any atom is 0.416 e. The summed E-state index contributed by atoms with van der Waals surface area (Å²) < 4.78 is 38.3. The summed E-state index contributed by atoms with van der Waals surface area (Å²) in [7, 11) is 1.55. The van der Waals surface area contributed by atoms with Crippen LogP contribution in [0.5, 0.6) is 0 Å². The van der Waals surface area contributed by atoms with Gasteiger partial charge in [0, 0.05) is 19.2 Å². The van der Waals surface area contributed by atoms with Crippen molar-refractivity contribution < 1.29 is 22.8 Å². The Labute approximate surface area is 178 Å². The van der Waals surface area contributed by atoms with E-state index in [2.05, 4.69) is 5.32 Å². The van der Waals surface area contributed by atoms with Crippen molar-refractivity contribution in [2.24, 2.45) is 0 Å². The summed E-state index contributed by atoms with van der Waals surface area (Å²) in [6, 6.07) is 21.0. The molecule has 0 saturated carbocycles. The van der Waals surface area contributed by atoms with Gasteiger partial charge in [0.2, 0.25) is 5.91 Å². The lowest BCUT2D eigenvalue weighted by Gasteiger charge is -2.25. The Kier molecular flexibility index (Phi) is 6.74. The van der Waals surface area contributed by atoms with E-state index in [0.29, 0.717) is 16.7 Å². The third-order valence-electron chi connectivity index (χ3n) is 4.77. The van der Waals surface area contributed by atoms with Crippen LogP contribution in [0.2, 0.25) is 0 Å². The van der Waals surface area contributed by atoms with Crippen LogP contribution in [0.15, 0.2) is 84.9 Å². The quantitative estimate of drug-likeness (QED) is 0.614. The minimum Gasteiger partial charge on any atom is -0.339 e. The Morgan fingerprint density at radius 3 is 1.97 bits per heavy atom. The van der Waals surface area contributed by atoms with Crippen molar-refractivity contribution in [2.75, 3.05) is 7.05 Å². The zero-order valence-corrected chi connectivity index (χ0v) is 16.8. The zero-order valence-electron chi connectivity index (χ0n) is 16.8. The third-order valence-corrected chi connectivity index (χ3v) is 4.77. The minimum atomic E-state index is -4.42. The van der Waals surface area contributed by atoms with Gasteiger partial charge in [-0.15, -0.1) is 0 Å². The van der Waals surface area contributed by atoms with Gasteiger partial charge < -0.3 is 10.2 Å². The monoisotopic (exact) mass is 426 g/mol. The molecular weight excluding hydrogens is 405 g/mol. The molecule has 0 aromatic heterocycles. The van der Waals surface area contributed by atoms with Crippen LogP contribution in [-0.2, 0) is 17.5 Å². The fourth-order valence-electron chi connectivity index (χ4n) is 3.11. The summed E-state index contributed by atoms with van der Waals surface area (Å²) >= 11 is 0. The molecule has 0 spiro atoms. The molecule has 1 N–H and O–H groups in total. The van der Waals surface area contributed by atoms with Crippen LogP contribution < -0.4 is 5.32 Å². The predicted octanol–water partition coefficient (Wildman–Crippen LogP) is 4.84. The van der Waals surface area contributed by atoms with E-state index in [0.717, 1.165) is 12.1 Å². The molecule has 1 atom stereocenters. The summed E-state index contributed by atoms with van der Waals surface area (Å²) in [6.07, 6.45) is -4.42. The summed E-state index contributed by atoms with van der Waals surface area (Å²) in [4.78, 5) is 27.2. The number of halogens is 3. The van der Waals surface area contributed by atoms with Crippen LogP contribution in [-0.4, -0.2) is 23.8 Å². The molecule has 0 saturated heterocycles.